The highest BCUT2D eigenvalue weighted by Crippen LogP contribution is 2.39. The van der Waals surface area contributed by atoms with E-state index < -0.39 is 0 Å². The molecule has 1 aliphatic carbocycles. The van der Waals surface area contributed by atoms with E-state index in [1.165, 1.54) is 24.8 Å². The van der Waals surface area contributed by atoms with Gasteiger partial charge in [0.05, 0.1) is 6.20 Å². The Morgan fingerprint density at radius 2 is 1.41 bits per heavy atom. The van der Waals surface area contributed by atoms with Gasteiger partial charge < -0.3 is 0 Å². The largest absolute Gasteiger partial charge is 0.270 e. The molecule has 0 amide bonds. The van der Waals surface area contributed by atoms with E-state index in [1.54, 1.807) is 0 Å². The van der Waals surface area contributed by atoms with Crippen molar-refractivity contribution < 1.29 is 0 Å². The van der Waals surface area contributed by atoms with Crippen molar-refractivity contribution in [3.05, 3.63) is 18.0 Å². The Balaban J connectivity index is 0.000000220. The van der Waals surface area contributed by atoms with Crippen molar-refractivity contribution >= 4 is 0 Å². The van der Waals surface area contributed by atoms with Crippen molar-refractivity contribution in [2.75, 3.05) is 0 Å². The maximum absolute atomic E-state index is 4.25. The van der Waals surface area contributed by atoms with Crippen molar-refractivity contribution in [1.29, 1.82) is 0 Å². The first-order chi connectivity index (χ1) is 10.2. The molecular weight excluding hydrogens is 268 g/mol. The van der Waals surface area contributed by atoms with E-state index in [2.05, 4.69) is 66.7 Å². The maximum atomic E-state index is 4.25. The average molecular weight is 307 g/mol. The lowest BCUT2D eigenvalue weighted by Crippen LogP contribution is -2.07. The zero-order valence-corrected chi connectivity index (χ0v) is 16.1. The summed E-state index contributed by atoms with van der Waals surface area (Å²) in [4.78, 5) is 0. The van der Waals surface area contributed by atoms with Gasteiger partial charge in [0.15, 0.2) is 0 Å². The molecule has 0 aromatic carbocycles. The summed E-state index contributed by atoms with van der Waals surface area (Å²) in [5.41, 5.74) is 1.32. The highest BCUT2D eigenvalue weighted by atomic mass is 15.3. The van der Waals surface area contributed by atoms with Crippen LogP contribution >= 0.6 is 0 Å². The standard InChI is InChI=1S/C11H22.C9H16N2/c1-8(2)10-5-6-11(7-10)9(3)4;1-7(2)9-5-10-11(6-9)8(3)4/h8-11H,5-7H2,1-4H3;5-8H,1-4H3. The zero-order chi connectivity index (χ0) is 16.9. The summed E-state index contributed by atoms with van der Waals surface area (Å²) < 4.78 is 2.00. The molecule has 0 spiro atoms. The molecule has 2 nitrogen and oxygen atoms in total. The van der Waals surface area contributed by atoms with Crippen LogP contribution in [0.1, 0.15) is 92.2 Å². The minimum atomic E-state index is 0.475. The topological polar surface area (TPSA) is 17.8 Å². The molecule has 1 heterocycles. The molecule has 0 bridgehead atoms. The number of aromatic nitrogens is 2. The van der Waals surface area contributed by atoms with Crippen LogP contribution in [0.25, 0.3) is 0 Å². The van der Waals surface area contributed by atoms with Gasteiger partial charge in [-0.3, -0.25) is 4.68 Å². The van der Waals surface area contributed by atoms with Crippen LogP contribution < -0.4 is 0 Å². The molecule has 1 aromatic heterocycles. The van der Waals surface area contributed by atoms with Gasteiger partial charge in [-0.25, -0.2) is 0 Å². The Hall–Kier alpha value is -0.790. The van der Waals surface area contributed by atoms with E-state index in [-0.39, 0.29) is 0 Å². The predicted octanol–water partition coefficient (Wildman–Crippen LogP) is 6.30. The Morgan fingerprint density at radius 3 is 1.64 bits per heavy atom. The van der Waals surface area contributed by atoms with E-state index in [1.807, 2.05) is 10.9 Å². The monoisotopic (exact) mass is 306 g/mol. The maximum Gasteiger partial charge on any atom is 0.0524 e. The van der Waals surface area contributed by atoms with Gasteiger partial charge in [0, 0.05) is 12.2 Å². The fourth-order valence-electron chi connectivity index (χ4n) is 3.20. The van der Waals surface area contributed by atoms with Crippen molar-refractivity contribution in [2.24, 2.45) is 23.7 Å². The van der Waals surface area contributed by atoms with Crippen molar-refractivity contribution in [3.63, 3.8) is 0 Å². The van der Waals surface area contributed by atoms with E-state index in [4.69, 9.17) is 0 Å². The molecule has 2 atom stereocenters. The molecule has 22 heavy (non-hydrogen) atoms. The Labute approximate surface area is 138 Å². The zero-order valence-electron chi connectivity index (χ0n) is 16.1. The SMILES string of the molecule is CC(C)C1CCC(C(C)C)C1.CC(C)c1cnn(C(C)C)c1. The van der Waals surface area contributed by atoms with Crippen LogP contribution in [-0.2, 0) is 0 Å². The minimum absolute atomic E-state index is 0.475. The summed E-state index contributed by atoms with van der Waals surface area (Å²) in [7, 11) is 0. The summed E-state index contributed by atoms with van der Waals surface area (Å²) >= 11 is 0. The Kier molecular flexibility index (Phi) is 7.65. The van der Waals surface area contributed by atoms with Crippen LogP contribution in [-0.4, -0.2) is 9.78 Å². The second-order valence-corrected chi connectivity index (χ2v) is 8.32. The van der Waals surface area contributed by atoms with Gasteiger partial charge in [-0.05, 0) is 68.3 Å². The molecule has 2 heteroatoms. The van der Waals surface area contributed by atoms with Crippen LogP contribution in [0.2, 0.25) is 0 Å². The van der Waals surface area contributed by atoms with E-state index in [0.717, 1.165) is 23.7 Å². The summed E-state index contributed by atoms with van der Waals surface area (Å²) in [5, 5.41) is 4.25. The summed E-state index contributed by atoms with van der Waals surface area (Å²) in [5.74, 6) is 4.48. The first-order valence-corrected chi connectivity index (χ1v) is 9.26. The van der Waals surface area contributed by atoms with Crippen LogP contribution in [0.15, 0.2) is 12.4 Å². The molecule has 1 saturated carbocycles. The third-order valence-corrected chi connectivity index (χ3v) is 5.22. The molecule has 2 rings (SSSR count). The van der Waals surface area contributed by atoms with Crippen molar-refractivity contribution in [2.45, 2.75) is 86.6 Å². The molecule has 0 aliphatic heterocycles. The Morgan fingerprint density at radius 1 is 0.909 bits per heavy atom. The third-order valence-electron chi connectivity index (χ3n) is 5.22. The van der Waals surface area contributed by atoms with Crippen LogP contribution in [0.4, 0.5) is 0 Å². The molecule has 0 saturated heterocycles. The van der Waals surface area contributed by atoms with Crippen molar-refractivity contribution in [1.82, 2.24) is 9.78 Å². The lowest BCUT2D eigenvalue weighted by Gasteiger charge is -2.16. The van der Waals surface area contributed by atoms with Gasteiger partial charge in [0.1, 0.15) is 0 Å². The van der Waals surface area contributed by atoms with E-state index in [0.29, 0.717) is 12.0 Å². The summed E-state index contributed by atoms with van der Waals surface area (Å²) in [6.45, 7) is 18.1. The highest BCUT2D eigenvalue weighted by Gasteiger charge is 2.28. The Bertz CT molecular complexity index is 379. The summed E-state index contributed by atoms with van der Waals surface area (Å²) in [6, 6.07) is 0.475. The van der Waals surface area contributed by atoms with E-state index >= 15 is 0 Å². The fraction of sp³-hybridized carbons (Fsp3) is 0.850. The first-order valence-electron chi connectivity index (χ1n) is 9.26. The van der Waals surface area contributed by atoms with Gasteiger partial charge in [0.25, 0.3) is 0 Å². The molecule has 0 radical (unpaired) electrons. The lowest BCUT2D eigenvalue weighted by molar-refractivity contribution is 0.340. The molecular formula is C20H38N2. The first kappa shape index (κ1) is 19.3. The molecule has 128 valence electrons. The molecule has 1 fully saturated rings. The van der Waals surface area contributed by atoms with Gasteiger partial charge in [0.2, 0.25) is 0 Å². The van der Waals surface area contributed by atoms with Gasteiger partial charge in [-0.2, -0.15) is 5.10 Å². The molecule has 0 N–H and O–H groups in total. The predicted molar refractivity (Wildman–Crippen MR) is 97.2 cm³/mol. The number of hydrogen-bond donors (Lipinski definition) is 0. The third kappa shape index (κ3) is 5.78. The molecule has 1 aliphatic rings. The second-order valence-electron chi connectivity index (χ2n) is 8.32. The minimum Gasteiger partial charge on any atom is -0.270 e. The lowest BCUT2D eigenvalue weighted by atomic mass is 9.89. The number of hydrogen-bond acceptors (Lipinski definition) is 1. The summed E-state index contributed by atoms with van der Waals surface area (Å²) in [6.07, 6.45) is 8.54. The normalized spacial score (nSPS) is 21.8. The molecule has 2 unspecified atom stereocenters. The van der Waals surface area contributed by atoms with Crippen LogP contribution in [0.3, 0.4) is 0 Å². The average Bonchev–Trinajstić information content (AvgIpc) is 3.09. The quantitative estimate of drug-likeness (QED) is 0.638. The molecule has 1 aromatic rings. The van der Waals surface area contributed by atoms with Gasteiger partial charge >= 0.3 is 0 Å². The van der Waals surface area contributed by atoms with Crippen molar-refractivity contribution in [3.8, 4) is 0 Å². The smallest absolute Gasteiger partial charge is 0.0524 e. The number of rotatable bonds is 4. The van der Waals surface area contributed by atoms with Gasteiger partial charge in [-0.15, -0.1) is 0 Å². The number of nitrogens with zero attached hydrogens (tertiary/aromatic N) is 2. The highest BCUT2D eigenvalue weighted by molar-refractivity contribution is 5.08. The fourth-order valence-corrected chi connectivity index (χ4v) is 3.20. The van der Waals surface area contributed by atoms with Gasteiger partial charge in [-0.1, -0.05) is 41.5 Å². The van der Waals surface area contributed by atoms with Crippen LogP contribution in [0.5, 0.6) is 0 Å². The second kappa shape index (κ2) is 8.74. The van der Waals surface area contributed by atoms with E-state index in [9.17, 15) is 0 Å². The van der Waals surface area contributed by atoms with Crippen LogP contribution in [0, 0.1) is 23.7 Å².